The summed E-state index contributed by atoms with van der Waals surface area (Å²) in [7, 11) is 2.17. The van der Waals surface area contributed by atoms with Gasteiger partial charge in [0.1, 0.15) is 0 Å². The summed E-state index contributed by atoms with van der Waals surface area (Å²) in [5.74, 6) is 0. The number of rotatable bonds is 8. The average Bonchev–Trinajstić information content (AvgIpc) is 2.19. The van der Waals surface area contributed by atoms with Gasteiger partial charge in [-0.15, -0.1) is 0 Å². The highest BCUT2D eigenvalue weighted by Gasteiger charge is 2.45. The Balaban J connectivity index is 4.35. The second-order valence-electron chi connectivity index (χ2n) is 3.78. The summed E-state index contributed by atoms with van der Waals surface area (Å²) >= 11 is 0. The maximum absolute atomic E-state index is 5.64. The van der Waals surface area contributed by atoms with Crippen molar-refractivity contribution in [2.24, 2.45) is 5.73 Å². The van der Waals surface area contributed by atoms with E-state index in [2.05, 4.69) is 10.6 Å². The Morgan fingerprint density at radius 1 is 0.938 bits per heavy atom. The Labute approximate surface area is 99.2 Å². The zero-order valence-electron chi connectivity index (χ0n) is 11.0. The molecule has 0 spiro atoms. The van der Waals surface area contributed by atoms with E-state index in [1.54, 1.807) is 21.3 Å². The lowest BCUT2D eigenvalue weighted by Gasteiger charge is -2.33. The molecule has 3 atom stereocenters. The van der Waals surface area contributed by atoms with Gasteiger partial charge >= 0.3 is 8.80 Å². The zero-order chi connectivity index (χ0) is 12.8. The molecule has 3 unspecified atom stereocenters. The first-order chi connectivity index (χ1) is 7.41. The summed E-state index contributed by atoms with van der Waals surface area (Å²) in [4.78, 5) is 0. The molecule has 0 rings (SSSR count). The van der Waals surface area contributed by atoms with Gasteiger partial charge in [0.05, 0.1) is 18.0 Å². The molecule has 0 aliphatic rings. The first-order valence-corrected chi connectivity index (χ1v) is 7.15. The van der Waals surface area contributed by atoms with Crippen LogP contribution in [0.5, 0.6) is 0 Å². The minimum Gasteiger partial charge on any atom is -0.376 e. The largest absolute Gasteiger partial charge is 0.517 e. The van der Waals surface area contributed by atoms with E-state index in [-0.39, 0.29) is 18.0 Å². The van der Waals surface area contributed by atoms with Crippen LogP contribution in [0.4, 0.5) is 0 Å². The van der Waals surface area contributed by atoms with Gasteiger partial charge in [-0.05, 0) is 20.8 Å². The maximum atomic E-state index is 5.64. The Kier molecular flexibility index (Phi) is 7.32. The lowest BCUT2D eigenvalue weighted by atomic mass is 10.5. The molecule has 98 valence electrons. The van der Waals surface area contributed by atoms with Gasteiger partial charge in [0.2, 0.25) is 0 Å². The van der Waals surface area contributed by atoms with E-state index in [1.165, 1.54) is 0 Å². The molecule has 0 amide bonds. The average molecular weight is 251 g/mol. The Morgan fingerprint density at radius 2 is 1.38 bits per heavy atom. The van der Waals surface area contributed by atoms with E-state index in [9.17, 15) is 0 Å². The van der Waals surface area contributed by atoms with Crippen LogP contribution in [0.25, 0.3) is 0 Å². The summed E-state index contributed by atoms with van der Waals surface area (Å²) in [6.45, 7) is 5.85. The maximum Gasteiger partial charge on any atom is 0.517 e. The smallest absolute Gasteiger partial charge is 0.376 e. The van der Waals surface area contributed by atoms with Crippen molar-refractivity contribution in [1.82, 2.24) is 10.6 Å². The molecule has 0 aliphatic carbocycles. The summed E-state index contributed by atoms with van der Waals surface area (Å²) in [5.41, 5.74) is 5.62. The number of hydrogen-bond donors (Lipinski definition) is 3. The fourth-order valence-corrected chi connectivity index (χ4v) is 3.71. The van der Waals surface area contributed by atoms with Gasteiger partial charge in [0, 0.05) is 21.3 Å². The van der Waals surface area contributed by atoms with Crippen LogP contribution >= 0.6 is 0 Å². The molecule has 0 saturated carbocycles. The second-order valence-corrected chi connectivity index (χ2v) is 7.08. The molecule has 4 N–H and O–H groups in total. The van der Waals surface area contributed by atoms with Crippen LogP contribution in [0.2, 0.25) is 0 Å². The first kappa shape index (κ1) is 16.0. The Morgan fingerprint density at radius 3 is 1.69 bits per heavy atom. The van der Waals surface area contributed by atoms with Gasteiger partial charge in [0.15, 0.2) is 0 Å². The molecule has 7 heteroatoms. The molecule has 0 bridgehead atoms. The van der Waals surface area contributed by atoms with Crippen LogP contribution in [-0.2, 0) is 13.3 Å². The van der Waals surface area contributed by atoms with Gasteiger partial charge in [-0.1, -0.05) is 0 Å². The van der Waals surface area contributed by atoms with E-state index < -0.39 is 8.80 Å². The van der Waals surface area contributed by atoms with Crippen LogP contribution < -0.4 is 16.4 Å². The highest BCUT2D eigenvalue weighted by Crippen LogP contribution is 2.11. The highest BCUT2D eigenvalue weighted by molar-refractivity contribution is 6.62. The molecule has 0 saturated heterocycles. The van der Waals surface area contributed by atoms with Crippen LogP contribution in [0.1, 0.15) is 20.8 Å². The zero-order valence-corrected chi connectivity index (χ0v) is 12.0. The van der Waals surface area contributed by atoms with E-state index in [1.807, 2.05) is 20.8 Å². The van der Waals surface area contributed by atoms with Crippen molar-refractivity contribution in [3.63, 3.8) is 0 Å². The van der Waals surface area contributed by atoms with Crippen molar-refractivity contribution in [2.45, 2.75) is 38.8 Å². The van der Waals surface area contributed by atoms with Gasteiger partial charge in [-0.25, -0.2) is 0 Å². The normalized spacial score (nSPS) is 18.2. The lowest BCUT2D eigenvalue weighted by molar-refractivity contribution is 0.106. The van der Waals surface area contributed by atoms with E-state index >= 15 is 0 Å². The van der Waals surface area contributed by atoms with Crippen LogP contribution in [0.15, 0.2) is 0 Å². The van der Waals surface area contributed by atoms with Gasteiger partial charge in [-0.2, -0.15) is 0 Å². The van der Waals surface area contributed by atoms with E-state index in [4.69, 9.17) is 19.0 Å². The monoisotopic (exact) mass is 251 g/mol. The van der Waals surface area contributed by atoms with E-state index in [0.717, 1.165) is 0 Å². The summed E-state index contributed by atoms with van der Waals surface area (Å²) in [6, 6.07) is 0. The van der Waals surface area contributed by atoms with Gasteiger partial charge in [0.25, 0.3) is 0 Å². The standard InChI is InChI=1S/C9H25N3O3Si/c1-7(10)11-8(2)12-9(3)16(13-4,14-5)15-6/h7-9,11-12H,10H2,1-6H3. The Bertz CT molecular complexity index is 183. The number of nitrogens with two attached hydrogens (primary N) is 1. The summed E-state index contributed by atoms with van der Waals surface area (Å²) in [5, 5.41) is 6.44. The molecule has 0 aromatic rings. The summed E-state index contributed by atoms with van der Waals surface area (Å²) < 4.78 is 16.1. The molecule has 0 fully saturated rings. The van der Waals surface area contributed by atoms with Crippen molar-refractivity contribution < 1.29 is 13.3 Å². The molecule has 0 heterocycles. The van der Waals surface area contributed by atoms with Crippen molar-refractivity contribution >= 4 is 8.80 Å². The molecular formula is C9H25N3O3Si. The van der Waals surface area contributed by atoms with Gasteiger partial charge in [-0.3, -0.25) is 10.6 Å². The Hall–Kier alpha value is -0.0231. The fraction of sp³-hybridized carbons (Fsp3) is 1.00. The number of nitrogens with one attached hydrogen (secondary N) is 2. The molecular weight excluding hydrogens is 226 g/mol. The lowest BCUT2D eigenvalue weighted by Crippen LogP contribution is -2.63. The minimum absolute atomic E-state index is 0.0197. The predicted octanol–water partition coefficient (Wildman–Crippen LogP) is -0.378. The molecule has 16 heavy (non-hydrogen) atoms. The first-order valence-electron chi connectivity index (χ1n) is 5.35. The second kappa shape index (κ2) is 7.33. The van der Waals surface area contributed by atoms with Gasteiger partial charge < -0.3 is 19.0 Å². The summed E-state index contributed by atoms with van der Waals surface area (Å²) in [6.07, 6.45) is -0.0132. The molecule has 0 aromatic heterocycles. The molecule has 0 aliphatic heterocycles. The van der Waals surface area contributed by atoms with Crippen LogP contribution in [0, 0.1) is 0 Å². The highest BCUT2D eigenvalue weighted by atomic mass is 28.4. The van der Waals surface area contributed by atoms with Crippen molar-refractivity contribution in [3.8, 4) is 0 Å². The third-order valence-corrected chi connectivity index (χ3v) is 5.33. The quantitative estimate of drug-likeness (QED) is 0.403. The molecule has 0 radical (unpaired) electrons. The third kappa shape index (κ3) is 4.46. The van der Waals surface area contributed by atoms with E-state index in [0.29, 0.717) is 0 Å². The van der Waals surface area contributed by atoms with Crippen LogP contribution in [0.3, 0.4) is 0 Å². The minimum atomic E-state index is -2.63. The van der Waals surface area contributed by atoms with Crippen molar-refractivity contribution in [2.75, 3.05) is 21.3 Å². The molecule has 0 aromatic carbocycles. The number of hydrogen-bond acceptors (Lipinski definition) is 6. The van der Waals surface area contributed by atoms with Crippen molar-refractivity contribution in [1.29, 1.82) is 0 Å². The predicted molar refractivity (Wildman–Crippen MR) is 65.6 cm³/mol. The van der Waals surface area contributed by atoms with Crippen LogP contribution in [-0.4, -0.2) is 48.1 Å². The van der Waals surface area contributed by atoms with Crippen molar-refractivity contribution in [3.05, 3.63) is 0 Å². The third-order valence-electron chi connectivity index (χ3n) is 2.40. The topological polar surface area (TPSA) is 77.8 Å². The molecule has 6 nitrogen and oxygen atoms in total. The fourth-order valence-electron chi connectivity index (χ4n) is 1.70. The SMILES string of the molecule is CO[Si](OC)(OC)C(C)NC(C)NC(C)N.